The molecule has 0 fully saturated rings. The topological polar surface area (TPSA) is 137 Å². The van der Waals surface area contributed by atoms with E-state index in [4.69, 9.17) is 47.7 Å². The van der Waals surface area contributed by atoms with Gasteiger partial charge in [-0.05, 0) is 19.3 Å². The molecule has 12 heteroatoms. The lowest BCUT2D eigenvalue weighted by atomic mass is 10.1. The molecule has 0 atom stereocenters. The summed E-state index contributed by atoms with van der Waals surface area (Å²) in [5, 5.41) is 8.54. The molecule has 0 saturated heterocycles. The lowest BCUT2D eigenvalue weighted by molar-refractivity contribution is -0.146. The maximum Gasteiger partial charge on any atom is 0.305 e. The van der Waals surface area contributed by atoms with E-state index < -0.39 is 5.97 Å². The van der Waals surface area contributed by atoms with Crippen molar-refractivity contribution in [2.75, 3.05) is 112 Å². The van der Waals surface area contributed by atoms with Gasteiger partial charge in [0.05, 0.1) is 99.1 Å². The monoisotopic (exact) mass is 638 g/mol. The van der Waals surface area contributed by atoms with Gasteiger partial charge in [0.15, 0.2) is 0 Å². The smallest absolute Gasteiger partial charge is 0.305 e. The number of hydrogen-bond acceptors (Lipinski definition) is 11. The second-order valence-corrected chi connectivity index (χ2v) is 10.2. The highest BCUT2D eigenvalue weighted by Gasteiger charge is 2.04. The molecule has 0 unspecified atom stereocenters. The summed E-state index contributed by atoms with van der Waals surface area (Å²) in [6.07, 6.45) is 11.7. The van der Waals surface area contributed by atoms with Crippen LogP contribution in [0.1, 0.15) is 84.0 Å². The van der Waals surface area contributed by atoms with Gasteiger partial charge in [-0.3, -0.25) is 9.59 Å². The SMILES string of the molecule is CCCCCCCCCCOCCOCCOCCOCCOCCOCCOCCOCCOC(=O)CCCCC(=O)O. The molecule has 1 N–H and O–H groups in total. The minimum Gasteiger partial charge on any atom is -0.481 e. The normalized spacial score (nSPS) is 11.3. The van der Waals surface area contributed by atoms with E-state index in [0.717, 1.165) is 13.0 Å². The van der Waals surface area contributed by atoms with Crippen molar-refractivity contribution in [2.24, 2.45) is 0 Å². The highest BCUT2D eigenvalue weighted by Crippen LogP contribution is 2.08. The third-order valence-corrected chi connectivity index (χ3v) is 6.26. The first-order chi connectivity index (χ1) is 21.7. The largest absolute Gasteiger partial charge is 0.481 e. The van der Waals surface area contributed by atoms with Gasteiger partial charge < -0.3 is 47.7 Å². The second-order valence-electron chi connectivity index (χ2n) is 10.2. The quantitative estimate of drug-likeness (QED) is 0.0756. The van der Waals surface area contributed by atoms with Crippen molar-refractivity contribution in [1.82, 2.24) is 0 Å². The Kier molecular flexibility index (Phi) is 36.6. The average Bonchev–Trinajstić information content (AvgIpc) is 3.01. The van der Waals surface area contributed by atoms with E-state index in [1.807, 2.05) is 0 Å². The van der Waals surface area contributed by atoms with Crippen molar-refractivity contribution in [3.63, 3.8) is 0 Å². The summed E-state index contributed by atoms with van der Waals surface area (Å²) in [6.45, 7) is 10.6. The molecule has 0 saturated carbocycles. The van der Waals surface area contributed by atoms with Gasteiger partial charge in [-0.2, -0.15) is 0 Å². The molecular weight excluding hydrogens is 576 g/mol. The molecular formula is C32H62O12. The lowest BCUT2D eigenvalue weighted by Gasteiger charge is -2.09. The first-order valence-electron chi connectivity index (χ1n) is 16.7. The fraction of sp³-hybridized carbons (Fsp3) is 0.938. The maximum absolute atomic E-state index is 11.5. The van der Waals surface area contributed by atoms with Crippen LogP contribution < -0.4 is 0 Å². The summed E-state index contributed by atoms with van der Waals surface area (Å²) >= 11 is 0. The Hall–Kier alpha value is -1.38. The molecule has 0 rings (SSSR count). The third-order valence-electron chi connectivity index (χ3n) is 6.26. The van der Waals surface area contributed by atoms with E-state index in [-0.39, 0.29) is 25.4 Å². The number of carboxylic acid groups (broad SMARTS) is 1. The van der Waals surface area contributed by atoms with E-state index in [9.17, 15) is 9.59 Å². The molecule has 0 heterocycles. The minimum atomic E-state index is -0.858. The molecule has 0 aromatic rings. The van der Waals surface area contributed by atoms with Crippen LogP contribution in [0.4, 0.5) is 0 Å². The van der Waals surface area contributed by atoms with Crippen LogP contribution in [-0.2, 0) is 52.2 Å². The summed E-state index contributed by atoms with van der Waals surface area (Å²) in [5.41, 5.74) is 0. The van der Waals surface area contributed by atoms with E-state index in [0.29, 0.717) is 112 Å². The molecule has 12 nitrogen and oxygen atoms in total. The fourth-order valence-corrected chi connectivity index (χ4v) is 3.81. The number of esters is 1. The fourth-order valence-electron chi connectivity index (χ4n) is 3.81. The van der Waals surface area contributed by atoms with Crippen molar-refractivity contribution in [3.8, 4) is 0 Å². The molecule has 0 aromatic heterocycles. The van der Waals surface area contributed by atoms with Crippen molar-refractivity contribution < 1.29 is 57.3 Å². The Morgan fingerprint density at radius 2 is 0.705 bits per heavy atom. The standard InChI is InChI=1S/C32H62O12/c1-2-3-4-5-6-7-8-11-14-36-15-16-37-17-18-38-19-20-39-21-22-40-23-24-41-25-26-42-27-28-43-29-30-44-32(35)13-10-9-12-31(33)34/h2-30H2,1H3,(H,33,34). The Morgan fingerprint density at radius 1 is 0.386 bits per heavy atom. The summed E-state index contributed by atoms with van der Waals surface area (Å²) < 4.78 is 48.8. The minimum absolute atomic E-state index is 0.0653. The van der Waals surface area contributed by atoms with Crippen molar-refractivity contribution >= 4 is 11.9 Å². The zero-order chi connectivity index (χ0) is 32.0. The summed E-state index contributed by atoms with van der Waals surface area (Å²) in [5.74, 6) is -1.20. The van der Waals surface area contributed by atoms with Crippen LogP contribution in [-0.4, -0.2) is 129 Å². The van der Waals surface area contributed by atoms with Crippen molar-refractivity contribution in [2.45, 2.75) is 84.0 Å². The van der Waals surface area contributed by atoms with Gasteiger partial charge in [0.1, 0.15) is 6.61 Å². The van der Waals surface area contributed by atoms with Crippen molar-refractivity contribution in [1.29, 1.82) is 0 Å². The first-order valence-corrected chi connectivity index (χ1v) is 16.7. The number of unbranched alkanes of at least 4 members (excludes halogenated alkanes) is 8. The number of hydrogen-bond donors (Lipinski definition) is 1. The van der Waals surface area contributed by atoms with Gasteiger partial charge in [-0.25, -0.2) is 0 Å². The van der Waals surface area contributed by atoms with Gasteiger partial charge >= 0.3 is 11.9 Å². The highest BCUT2D eigenvalue weighted by molar-refractivity contribution is 5.69. The number of aliphatic carboxylic acids is 1. The van der Waals surface area contributed by atoms with Crippen LogP contribution in [0.2, 0.25) is 0 Å². The van der Waals surface area contributed by atoms with E-state index in [1.165, 1.54) is 44.9 Å². The predicted molar refractivity (Wildman–Crippen MR) is 166 cm³/mol. The summed E-state index contributed by atoms with van der Waals surface area (Å²) in [6, 6.07) is 0. The molecule has 0 radical (unpaired) electrons. The number of rotatable bonds is 38. The lowest BCUT2D eigenvalue weighted by Crippen LogP contribution is -2.15. The molecule has 262 valence electrons. The van der Waals surface area contributed by atoms with Crippen LogP contribution in [0, 0.1) is 0 Å². The zero-order valence-corrected chi connectivity index (χ0v) is 27.4. The molecule has 0 amide bonds. The van der Waals surface area contributed by atoms with Crippen LogP contribution in [0.5, 0.6) is 0 Å². The molecule has 0 aliphatic rings. The van der Waals surface area contributed by atoms with E-state index in [2.05, 4.69) is 6.92 Å². The Balaban J connectivity index is 3.09. The number of carboxylic acids is 1. The molecule has 44 heavy (non-hydrogen) atoms. The number of carbonyl (C=O) groups is 2. The van der Waals surface area contributed by atoms with Crippen LogP contribution in [0.15, 0.2) is 0 Å². The van der Waals surface area contributed by atoms with Crippen molar-refractivity contribution in [3.05, 3.63) is 0 Å². The maximum atomic E-state index is 11.5. The van der Waals surface area contributed by atoms with Gasteiger partial charge in [-0.15, -0.1) is 0 Å². The van der Waals surface area contributed by atoms with Gasteiger partial charge in [0.25, 0.3) is 0 Å². The number of carbonyl (C=O) groups excluding carboxylic acids is 1. The Labute approximate surface area is 265 Å². The zero-order valence-electron chi connectivity index (χ0n) is 27.4. The van der Waals surface area contributed by atoms with Gasteiger partial charge in [-0.1, -0.05) is 51.9 Å². The molecule has 0 aromatic carbocycles. The highest BCUT2D eigenvalue weighted by atomic mass is 16.6. The van der Waals surface area contributed by atoms with E-state index >= 15 is 0 Å². The third kappa shape index (κ3) is 38.6. The second kappa shape index (κ2) is 37.8. The van der Waals surface area contributed by atoms with Gasteiger partial charge in [0, 0.05) is 19.4 Å². The van der Waals surface area contributed by atoms with Gasteiger partial charge in [0.2, 0.25) is 0 Å². The predicted octanol–water partition coefficient (Wildman–Crippen LogP) is 4.45. The summed E-state index contributed by atoms with van der Waals surface area (Å²) in [4.78, 5) is 21.9. The first kappa shape index (κ1) is 42.6. The molecule has 0 bridgehead atoms. The van der Waals surface area contributed by atoms with Crippen LogP contribution in [0.25, 0.3) is 0 Å². The molecule has 0 aliphatic carbocycles. The molecule has 0 spiro atoms. The van der Waals surface area contributed by atoms with E-state index in [1.54, 1.807) is 0 Å². The molecule has 0 aliphatic heterocycles. The summed E-state index contributed by atoms with van der Waals surface area (Å²) in [7, 11) is 0. The average molecular weight is 639 g/mol. The number of ether oxygens (including phenoxy) is 9. The Bertz CT molecular complexity index is 594. The van der Waals surface area contributed by atoms with Crippen LogP contribution >= 0.6 is 0 Å². The Morgan fingerprint density at radius 3 is 1.09 bits per heavy atom. The van der Waals surface area contributed by atoms with Crippen LogP contribution in [0.3, 0.4) is 0 Å².